The number of hydrogen-bond acceptors (Lipinski definition) is 10. The Kier molecular flexibility index (Phi) is 5.67. The van der Waals surface area contributed by atoms with Crippen LogP contribution < -0.4 is 25.1 Å². The van der Waals surface area contributed by atoms with Crippen molar-refractivity contribution in [3.63, 3.8) is 0 Å². The number of rotatable bonds is 5. The molecule has 0 radical (unpaired) electrons. The maximum Gasteiger partial charge on any atom is 0.316 e. The fourth-order valence-corrected chi connectivity index (χ4v) is 3.97. The van der Waals surface area contributed by atoms with Gasteiger partial charge in [0.1, 0.15) is 0 Å². The number of carbonyl (C=O) groups is 1. The third-order valence-corrected chi connectivity index (χ3v) is 5.41. The van der Waals surface area contributed by atoms with Crippen molar-refractivity contribution in [2.24, 2.45) is 0 Å². The van der Waals surface area contributed by atoms with E-state index < -0.39 is 27.7 Å². The molecule has 0 aliphatic carbocycles. The molecular formula is C21H14N4O7S. The number of aromatic nitrogens is 3. The molecule has 0 unspecified atom stereocenters. The summed E-state index contributed by atoms with van der Waals surface area (Å²) in [4.78, 5) is 51.5. The molecule has 0 amide bonds. The third kappa shape index (κ3) is 4.19. The standard InChI is InChI=1S/C21H14N4O7S/c1-11(26)32-18-14(25(29)30)8-12(9-15(18)31-2)10-16-20(28)24-21(33-16)22-19(27)17(23-24)13-6-4-3-5-7-13/h3-10H,1-2H3. The topological polar surface area (TPSA) is 143 Å². The number of methoxy groups -OCH3 is 1. The Morgan fingerprint density at radius 2 is 1.94 bits per heavy atom. The largest absolute Gasteiger partial charge is 0.493 e. The minimum atomic E-state index is -0.754. The zero-order valence-electron chi connectivity index (χ0n) is 17.2. The molecule has 0 saturated carbocycles. The molecule has 0 spiro atoms. The van der Waals surface area contributed by atoms with E-state index in [4.69, 9.17) is 9.47 Å². The fraction of sp³-hybridized carbons (Fsp3) is 0.0952. The summed E-state index contributed by atoms with van der Waals surface area (Å²) < 4.78 is 11.2. The van der Waals surface area contributed by atoms with E-state index in [0.29, 0.717) is 5.56 Å². The van der Waals surface area contributed by atoms with Crippen LogP contribution in [0.3, 0.4) is 0 Å². The zero-order chi connectivity index (χ0) is 23.7. The van der Waals surface area contributed by atoms with Crippen molar-refractivity contribution in [1.82, 2.24) is 14.6 Å². The number of nitro benzene ring substituents is 1. The second kappa shape index (κ2) is 8.59. The van der Waals surface area contributed by atoms with Crippen LogP contribution in [-0.4, -0.2) is 32.6 Å². The van der Waals surface area contributed by atoms with Crippen molar-refractivity contribution in [1.29, 1.82) is 0 Å². The van der Waals surface area contributed by atoms with Gasteiger partial charge >= 0.3 is 17.2 Å². The molecule has 4 aromatic rings. The molecule has 0 aliphatic rings. The summed E-state index contributed by atoms with van der Waals surface area (Å²) in [6.45, 7) is 1.11. The Morgan fingerprint density at radius 1 is 1.21 bits per heavy atom. The molecule has 2 aromatic heterocycles. The van der Waals surface area contributed by atoms with Crippen LogP contribution in [0.5, 0.6) is 11.5 Å². The lowest BCUT2D eigenvalue weighted by Gasteiger charge is -2.09. The van der Waals surface area contributed by atoms with Gasteiger partial charge < -0.3 is 9.47 Å². The summed E-state index contributed by atoms with van der Waals surface area (Å²) in [5.41, 5.74) is -0.868. The first kappa shape index (κ1) is 21.8. The van der Waals surface area contributed by atoms with Crippen LogP contribution in [-0.2, 0) is 4.79 Å². The quantitative estimate of drug-likeness (QED) is 0.185. The van der Waals surface area contributed by atoms with Gasteiger partial charge in [0.2, 0.25) is 10.7 Å². The third-order valence-electron chi connectivity index (χ3n) is 4.45. The number of hydrogen-bond donors (Lipinski definition) is 0. The Labute approximate surface area is 188 Å². The van der Waals surface area contributed by atoms with Crippen molar-refractivity contribution in [2.45, 2.75) is 6.92 Å². The van der Waals surface area contributed by atoms with Crippen molar-refractivity contribution < 1.29 is 19.2 Å². The highest BCUT2D eigenvalue weighted by Crippen LogP contribution is 2.38. The smallest absolute Gasteiger partial charge is 0.316 e. The summed E-state index contributed by atoms with van der Waals surface area (Å²) in [7, 11) is 1.26. The average Bonchev–Trinajstić information content (AvgIpc) is 3.08. The summed E-state index contributed by atoms with van der Waals surface area (Å²) >= 11 is 0.905. The molecule has 2 heterocycles. The van der Waals surface area contributed by atoms with Gasteiger partial charge in [-0.25, -0.2) is 0 Å². The second-order valence-corrected chi connectivity index (χ2v) is 7.67. The van der Waals surface area contributed by atoms with Crippen LogP contribution in [0, 0.1) is 10.1 Å². The van der Waals surface area contributed by atoms with Crippen LogP contribution in [0.1, 0.15) is 12.5 Å². The van der Waals surface area contributed by atoms with E-state index in [1.807, 2.05) is 0 Å². The van der Waals surface area contributed by atoms with E-state index in [0.717, 1.165) is 28.8 Å². The predicted molar refractivity (Wildman–Crippen MR) is 119 cm³/mol. The number of carbonyl (C=O) groups excluding carboxylic acids is 1. The van der Waals surface area contributed by atoms with Crippen molar-refractivity contribution >= 4 is 34.0 Å². The Hall–Kier alpha value is -4.45. The van der Waals surface area contributed by atoms with Crippen LogP contribution in [0.25, 0.3) is 22.3 Å². The molecule has 0 saturated heterocycles. The molecule has 0 aliphatic heterocycles. The van der Waals surface area contributed by atoms with E-state index in [2.05, 4.69) is 10.1 Å². The van der Waals surface area contributed by atoms with Gasteiger partial charge in [0.25, 0.3) is 5.56 Å². The second-order valence-electron chi connectivity index (χ2n) is 6.66. The van der Waals surface area contributed by atoms with Crippen LogP contribution in [0.15, 0.2) is 52.1 Å². The Bertz CT molecular complexity index is 1580. The number of nitrogens with zero attached hydrogens (tertiary/aromatic N) is 4. The molecule has 12 heteroatoms. The van der Waals surface area contributed by atoms with Crippen molar-refractivity contribution in [2.75, 3.05) is 7.11 Å². The van der Waals surface area contributed by atoms with Gasteiger partial charge in [0.15, 0.2) is 11.4 Å². The predicted octanol–water partition coefficient (Wildman–Crippen LogP) is 1.57. The first-order valence-electron chi connectivity index (χ1n) is 9.34. The number of thiazole rings is 1. The molecule has 0 atom stereocenters. The lowest BCUT2D eigenvalue weighted by molar-refractivity contribution is -0.385. The number of nitro groups is 1. The molecule has 2 aromatic carbocycles. The van der Waals surface area contributed by atoms with Gasteiger partial charge in [-0.15, -0.1) is 0 Å². The SMILES string of the molecule is COc1cc(C=c2sc3nc(=O)c(-c4ccccc4)nn3c2=O)cc([N+](=O)[O-])c1OC(C)=O. The number of ether oxygens (including phenoxy) is 2. The van der Waals surface area contributed by atoms with E-state index in [-0.39, 0.29) is 32.2 Å². The van der Waals surface area contributed by atoms with Crippen molar-refractivity contribution in [3.8, 4) is 22.8 Å². The molecular weight excluding hydrogens is 452 g/mol. The summed E-state index contributed by atoms with van der Waals surface area (Å²) in [6.07, 6.45) is 1.38. The monoisotopic (exact) mass is 466 g/mol. The Balaban J connectivity index is 1.91. The number of benzene rings is 2. The van der Waals surface area contributed by atoms with Gasteiger partial charge in [-0.1, -0.05) is 41.7 Å². The van der Waals surface area contributed by atoms with Gasteiger partial charge in [-0.05, 0) is 17.7 Å². The lowest BCUT2D eigenvalue weighted by atomic mass is 10.1. The van der Waals surface area contributed by atoms with Gasteiger partial charge in [-0.2, -0.15) is 14.6 Å². The molecule has 166 valence electrons. The maximum atomic E-state index is 12.9. The zero-order valence-corrected chi connectivity index (χ0v) is 18.0. The lowest BCUT2D eigenvalue weighted by Crippen LogP contribution is -2.26. The van der Waals surface area contributed by atoms with Gasteiger partial charge in [0, 0.05) is 18.6 Å². The van der Waals surface area contributed by atoms with E-state index >= 15 is 0 Å². The highest BCUT2D eigenvalue weighted by atomic mass is 32.1. The normalized spacial score (nSPS) is 11.5. The number of fused-ring (bicyclic) bond motifs is 1. The molecule has 0 N–H and O–H groups in total. The van der Waals surface area contributed by atoms with E-state index in [1.165, 1.54) is 19.3 Å². The van der Waals surface area contributed by atoms with Crippen LogP contribution >= 0.6 is 11.3 Å². The molecule has 0 bridgehead atoms. The maximum absolute atomic E-state index is 12.9. The number of esters is 1. The van der Waals surface area contributed by atoms with Gasteiger partial charge in [0.05, 0.1) is 16.6 Å². The Morgan fingerprint density at radius 3 is 2.58 bits per heavy atom. The molecule has 4 rings (SSSR count). The van der Waals surface area contributed by atoms with Crippen LogP contribution in [0.4, 0.5) is 5.69 Å². The minimum Gasteiger partial charge on any atom is -0.493 e. The van der Waals surface area contributed by atoms with E-state index in [1.54, 1.807) is 30.3 Å². The summed E-state index contributed by atoms with van der Waals surface area (Å²) in [6, 6.07) is 11.1. The first-order valence-corrected chi connectivity index (χ1v) is 10.2. The fourth-order valence-electron chi connectivity index (χ4n) is 3.06. The first-order chi connectivity index (χ1) is 15.8. The minimum absolute atomic E-state index is 0.0255. The summed E-state index contributed by atoms with van der Waals surface area (Å²) in [5.74, 6) is -1.15. The van der Waals surface area contributed by atoms with Crippen molar-refractivity contribution in [3.05, 3.63) is 83.4 Å². The molecule has 33 heavy (non-hydrogen) atoms. The molecule has 0 fully saturated rings. The average molecular weight is 466 g/mol. The molecule has 11 nitrogen and oxygen atoms in total. The summed E-state index contributed by atoms with van der Waals surface area (Å²) in [5, 5.41) is 15.7. The highest BCUT2D eigenvalue weighted by Gasteiger charge is 2.23. The van der Waals surface area contributed by atoms with E-state index in [9.17, 15) is 24.5 Å². The highest BCUT2D eigenvalue weighted by molar-refractivity contribution is 7.15. The van der Waals surface area contributed by atoms with Gasteiger partial charge in [-0.3, -0.25) is 24.5 Å². The van der Waals surface area contributed by atoms with Crippen LogP contribution in [0.2, 0.25) is 0 Å².